The average Bonchev–Trinajstić information content (AvgIpc) is 2.17. The van der Waals surface area contributed by atoms with Crippen LogP contribution in [-0.2, 0) is 9.59 Å². The highest BCUT2D eigenvalue weighted by molar-refractivity contribution is 5.98. The predicted molar refractivity (Wildman–Crippen MR) is 50.6 cm³/mol. The van der Waals surface area contributed by atoms with Gasteiger partial charge in [-0.15, -0.1) is 0 Å². The van der Waals surface area contributed by atoms with Gasteiger partial charge >= 0.3 is 5.97 Å². The van der Waals surface area contributed by atoms with Crippen LogP contribution in [0.1, 0.15) is 6.42 Å². The van der Waals surface area contributed by atoms with Crippen LogP contribution >= 0.6 is 0 Å². The molecule has 0 aliphatic heterocycles. The molecule has 3 heteroatoms. The van der Waals surface area contributed by atoms with E-state index >= 15 is 0 Å². The Kier molecular flexibility index (Phi) is 2.08. The first-order valence-corrected chi connectivity index (χ1v) is 4.50. The van der Waals surface area contributed by atoms with Gasteiger partial charge in [-0.25, -0.2) is 0 Å². The van der Waals surface area contributed by atoms with Gasteiger partial charge in [-0.3, -0.25) is 9.59 Å². The lowest BCUT2D eigenvalue weighted by Gasteiger charge is -2.26. The highest BCUT2D eigenvalue weighted by Crippen LogP contribution is 2.32. The smallest absolute Gasteiger partial charge is 0.311 e. The number of fused-ring (bicyclic) bond motifs is 1. The number of carbonyl (C=O) groups is 2. The van der Waals surface area contributed by atoms with E-state index in [0.29, 0.717) is 6.42 Å². The Bertz CT molecular complexity index is 374. The summed E-state index contributed by atoms with van der Waals surface area (Å²) in [6, 6.07) is 0. The van der Waals surface area contributed by atoms with Gasteiger partial charge in [0.1, 0.15) is 0 Å². The molecule has 0 saturated carbocycles. The van der Waals surface area contributed by atoms with E-state index in [0.717, 1.165) is 5.57 Å². The molecular formula is C11H10O3. The molecule has 0 fully saturated rings. The van der Waals surface area contributed by atoms with E-state index in [9.17, 15) is 9.59 Å². The highest BCUT2D eigenvalue weighted by Gasteiger charge is 2.35. The van der Waals surface area contributed by atoms with Crippen LogP contribution in [0.2, 0.25) is 0 Å². The maximum Gasteiger partial charge on any atom is 0.311 e. The molecule has 0 spiro atoms. The van der Waals surface area contributed by atoms with E-state index < -0.39 is 17.8 Å². The summed E-state index contributed by atoms with van der Waals surface area (Å²) in [6.07, 6.45) is 9.08. The maximum absolute atomic E-state index is 11.5. The normalized spacial score (nSPS) is 29.7. The minimum atomic E-state index is -0.930. The lowest BCUT2D eigenvalue weighted by Crippen LogP contribution is -2.32. The molecule has 1 N–H and O–H groups in total. The summed E-state index contributed by atoms with van der Waals surface area (Å²) >= 11 is 0. The topological polar surface area (TPSA) is 54.4 Å². The number of rotatable bonds is 1. The van der Waals surface area contributed by atoms with Gasteiger partial charge in [0.05, 0.1) is 11.8 Å². The van der Waals surface area contributed by atoms with Crippen LogP contribution < -0.4 is 0 Å². The lowest BCUT2D eigenvalue weighted by molar-refractivity contribution is -0.143. The number of hydrogen-bond acceptors (Lipinski definition) is 2. The molecule has 2 rings (SSSR count). The van der Waals surface area contributed by atoms with Gasteiger partial charge in [0.25, 0.3) is 0 Å². The molecule has 0 aromatic rings. The highest BCUT2D eigenvalue weighted by atomic mass is 16.4. The van der Waals surface area contributed by atoms with Crippen LogP contribution in [0.15, 0.2) is 36.0 Å². The molecule has 0 saturated heterocycles. The molecule has 0 bridgehead atoms. The maximum atomic E-state index is 11.5. The zero-order valence-electron chi connectivity index (χ0n) is 7.51. The number of carboxylic acids is 1. The van der Waals surface area contributed by atoms with Crippen molar-refractivity contribution in [2.24, 2.45) is 11.8 Å². The number of allylic oxidation sites excluding steroid dienone is 5. The molecule has 72 valence electrons. The minimum absolute atomic E-state index is 0.0979. The van der Waals surface area contributed by atoms with E-state index in [1.54, 1.807) is 18.2 Å². The van der Waals surface area contributed by atoms with E-state index in [1.165, 1.54) is 6.08 Å². The fraction of sp³-hybridized carbons (Fsp3) is 0.273. The molecule has 2 aliphatic carbocycles. The molecule has 0 aromatic carbocycles. The van der Waals surface area contributed by atoms with Crippen molar-refractivity contribution in [3.63, 3.8) is 0 Å². The molecular weight excluding hydrogens is 180 g/mol. The van der Waals surface area contributed by atoms with Gasteiger partial charge in [0.15, 0.2) is 5.78 Å². The molecule has 0 heterocycles. The fourth-order valence-corrected chi connectivity index (χ4v) is 1.94. The molecule has 14 heavy (non-hydrogen) atoms. The minimum Gasteiger partial charge on any atom is -0.481 e. The summed E-state index contributed by atoms with van der Waals surface area (Å²) in [5.74, 6) is -2.19. The Balaban J connectivity index is 2.38. The molecule has 2 unspecified atom stereocenters. The van der Waals surface area contributed by atoms with Crippen LogP contribution in [0.25, 0.3) is 0 Å². The summed E-state index contributed by atoms with van der Waals surface area (Å²) in [7, 11) is 0. The fourth-order valence-electron chi connectivity index (χ4n) is 1.94. The zero-order chi connectivity index (χ0) is 10.1. The van der Waals surface area contributed by atoms with Gasteiger partial charge in [0, 0.05) is 0 Å². The van der Waals surface area contributed by atoms with E-state index in [2.05, 4.69) is 0 Å². The van der Waals surface area contributed by atoms with Crippen LogP contribution in [0, 0.1) is 11.8 Å². The summed E-state index contributed by atoms with van der Waals surface area (Å²) < 4.78 is 0. The quantitative estimate of drug-likeness (QED) is 0.678. The summed E-state index contributed by atoms with van der Waals surface area (Å²) in [5.41, 5.74) is 0.910. The Morgan fingerprint density at radius 2 is 2.29 bits per heavy atom. The van der Waals surface area contributed by atoms with Crippen molar-refractivity contribution in [1.29, 1.82) is 0 Å². The van der Waals surface area contributed by atoms with Crippen LogP contribution in [0.4, 0.5) is 0 Å². The second-order valence-electron chi connectivity index (χ2n) is 3.48. The molecule has 0 amide bonds. The first kappa shape index (κ1) is 8.94. The standard InChI is InChI=1S/C11H10O3/c12-9-6-2-4-7-3-1-5-8(10(7)9)11(13)14/h1-3,5-6,8,10H,4H2,(H,13,14). The molecule has 0 aromatic heterocycles. The predicted octanol–water partition coefficient (Wildman–Crippen LogP) is 1.33. The van der Waals surface area contributed by atoms with Crippen molar-refractivity contribution in [3.8, 4) is 0 Å². The molecule has 0 radical (unpaired) electrons. The van der Waals surface area contributed by atoms with Gasteiger partial charge in [0.2, 0.25) is 0 Å². The third-order valence-electron chi connectivity index (χ3n) is 2.61. The monoisotopic (exact) mass is 190 g/mol. The van der Waals surface area contributed by atoms with Crippen molar-refractivity contribution in [2.45, 2.75) is 6.42 Å². The Morgan fingerprint density at radius 1 is 1.50 bits per heavy atom. The number of aliphatic carboxylic acids is 1. The van der Waals surface area contributed by atoms with E-state index in [1.807, 2.05) is 6.08 Å². The van der Waals surface area contributed by atoms with Crippen molar-refractivity contribution in [3.05, 3.63) is 36.0 Å². The SMILES string of the molecule is O=C(O)C1C=CC=C2CC=CC(=O)C21. The third-order valence-corrected chi connectivity index (χ3v) is 2.61. The Morgan fingerprint density at radius 3 is 3.00 bits per heavy atom. The number of carboxylic acid groups (broad SMARTS) is 1. The second kappa shape index (κ2) is 3.25. The Labute approximate surface area is 81.4 Å². The molecule has 2 atom stereocenters. The summed E-state index contributed by atoms with van der Waals surface area (Å²) in [5, 5.41) is 8.94. The summed E-state index contributed by atoms with van der Waals surface area (Å²) in [4.78, 5) is 22.4. The first-order chi connectivity index (χ1) is 6.70. The number of ketones is 1. The van der Waals surface area contributed by atoms with Crippen LogP contribution in [-0.4, -0.2) is 16.9 Å². The number of hydrogen-bond donors (Lipinski definition) is 1. The van der Waals surface area contributed by atoms with Crippen molar-refractivity contribution < 1.29 is 14.7 Å². The third kappa shape index (κ3) is 1.31. The van der Waals surface area contributed by atoms with Gasteiger partial charge in [-0.2, -0.15) is 0 Å². The second-order valence-corrected chi connectivity index (χ2v) is 3.48. The zero-order valence-corrected chi connectivity index (χ0v) is 7.51. The Hall–Kier alpha value is -1.64. The van der Waals surface area contributed by atoms with Crippen LogP contribution in [0.3, 0.4) is 0 Å². The number of carbonyl (C=O) groups excluding carboxylic acids is 1. The van der Waals surface area contributed by atoms with Crippen molar-refractivity contribution in [1.82, 2.24) is 0 Å². The van der Waals surface area contributed by atoms with Gasteiger partial charge in [-0.1, -0.05) is 29.9 Å². The lowest BCUT2D eigenvalue weighted by atomic mass is 9.75. The van der Waals surface area contributed by atoms with Crippen molar-refractivity contribution >= 4 is 11.8 Å². The first-order valence-electron chi connectivity index (χ1n) is 4.50. The van der Waals surface area contributed by atoms with E-state index in [-0.39, 0.29) is 5.78 Å². The van der Waals surface area contributed by atoms with Crippen molar-refractivity contribution in [2.75, 3.05) is 0 Å². The summed E-state index contributed by atoms with van der Waals surface area (Å²) in [6.45, 7) is 0. The van der Waals surface area contributed by atoms with E-state index in [4.69, 9.17) is 5.11 Å². The molecule has 2 aliphatic rings. The van der Waals surface area contributed by atoms with Gasteiger partial charge < -0.3 is 5.11 Å². The van der Waals surface area contributed by atoms with Gasteiger partial charge in [-0.05, 0) is 12.5 Å². The molecule has 3 nitrogen and oxygen atoms in total. The van der Waals surface area contributed by atoms with Crippen LogP contribution in [0.5, 0.6) is 0 Å². The average molecular weight is 190 g/mol. The largest absolute Gasteiger partial charge is 0.481 e.